The lowest BCUT2D eigenvalue weighted by molar-refractivity contribution is -0.119. The minimum Gasteiger partial charge on any atom is -0.496 e. The highest BCUT2D eigenvalue weighted by atomic mass is 79.9. The highest BCUT2D eigenvalue weighted by Gasteiger charge is 2.28. The van der Waals surface area contributed by atoms with E-state index in [1.54, 1.807) is 30.7 Å². The van der Waals surface area contributed by atoms with Gasteiger partial charge in [-0.15, -0.1) is 0 Å². The molecule has 0 aliphatic heterocycles. The number of halogens is 1. The molecule has 4 rings (SSSR count). The van der Waals surface area contributed by atoms with E-state index in [1.165, 1.54) is 19.2 Å². The number of carbonyl (C=O) groups excluding carboxylic acids is 1. The molecule has 186 valence electrons. The van der Waals surface area contributed by atoms with E-state index in [0.717, 1.165) is 21.1 Å². The molecule has 36 heavy (non-hydrogen) atoms. The quantitative estimate of drug-likeness (QED) is 0.321. The van der Waals surface area contributed by atoms with E-state index in [1.807, 2.05) is 54.1 Å². The molecule has 1 heterocycles. The normalized spacial score (nSPS) is 11.2. The largest absolute Gasteiger partial charge is 0.496 e. The minimum absolute atomic E-state index is 0.0404. The summed E-state index contributed by atoms with van der Waals surface area (Å²) in [4.78, 5) is 17.0. The molecule has 0 unspecified atom stereocenters. The van der Waals surface area contributed by atoms with Gasteiger partial charge >= 0.3 is 0 Å². The number of imidazole rings is 1. The van der Waals surface area contributed by atoms with Gasteiger partial charge in [0.1, 0.15) is 12.3 Å². The first-order chi connectivity index (χ1) is 17.3. The van der Waals surface area contributed by atoms with Crippen molar-refractivity contribution in [2.75, 3.05) is 18.0 Å². The Labute approximate surface area is 218 Å². The summed E-state index contributed by atoms with van der Waals surface area (Å²) in [5, 5.41) is 2.82. The number of carbonyl (C=O) groups is 1. The van der Waals surface area contributed by atoms with Gasteiger partial charge in [0.25, 0.3) is 10.0 Å². The van der Waals surface area contributed by atoms with E-state index in [9.17, 15) is 13.2 Å². The van der Waals surface area contributed by atoms with Crippen LogP contribution in [0.2, 0.25) is 0 Å². The third kappa shape index (κ3) is 5.77. The fourth-order valence-corrected chi connectivity index (χ4v) is 5.69. The van der Waals surface area contributed by atoms with Crippen molar-refractivity contribution in [3.05, 3.63) is 101 Å². The molecule has 10 heteroatoms. The van der Waals surface area contributed by atoms with Gasteiger partial charge < -0.3 is 14.6 Å². The molecule has 4 aromatic rings. The van der Waals surface area contributed by atoms with Gasteiger partial charge in [-0.3, -0.25) is 9.10 Å². The number of rotatable bonds is 9. The SMILES string of the molecule is COc1ccc(S(=O)(=O)N(CC(=O)NCc2ccc(-n3ccnc3)cc2)c2ccc(C)cc2)cc1Br. The average Bonchev–Trinajstić information content (AvgIpc) is 3.42. The zero-order valence-electron chi connectivity index (χ0n) is 19.8. The monoisotopic (exact) mass is 568 g/mol. The van der Waals surface area contributed by atoms with Crippen LogP contribution >= 0.6 is 15.9 Å². The Balaban J connectivity index is 1.52. The lowest BCUT2D eigenvalue weighted by Crippen LogP contribution is -2.40. The van der Waals surface area contributed by atoms with E-state index < -0.39 is 15.9 Å². The molecule has 0 spiro atoms. The number of benzene rings is 3. The molecule has 0 fully saturated rings. The Morgan fingerprint density at radius 3 is 2.42 bits per heavy atom. The molecule has 0 aliphatic carbocycles. The zero-order valence-corrected chi connectivity index (χ0v) is 22.2. The summed E-state index contributed by atoms with van der Waals surface area (Å²) in [6.07, 6.45) is 5.25. The van der Waals surface area contributed by atoms with E-state index in [0.29, 0.717) is 15.9 Å². The van der Waals surface area contributed by atoms with E-state index in [2.05, 4.69) is 26.2 Å². The van der Waals surface area contributed by atoms with Crippen molar-refractivity contribution in [2.45, 2.75) is 18.4 Å². The molecule has 0 atom stereocenters. The Hall–Kier alpha value is -3.63. The zero-order chi connectivity index (χ0) is 25.7. The maximum atomic E-state index is 13.6. The van der Waals surface area contributed by atoms with Crippen molar-refractivity contribution in [1.29, 1.82) is 0 Å². The number of ether oxygens (including phenoxy) is 1. The van der Waals surface area contributed by atoms with Crippen LogP contribution in [-0.2, 0) is 21.4 Å². The number of anilines is 1. The van der Waals surface area contributed by atoms with E-state index in [4.69, 9.17) is 4.74 Å². The molecule has 1 N–H and O–H groups in total. The third-order valence-electron chi connectivity index (χ3n) is 5.55. The Bertz CT molecular complexity index is 1440. The molecule has 0 saturated carbocycles. The standard InChI is InChI=1S/C26H25BrN4O4S/c1-19-3-7-22(8-4-19)31(36(33,34)23-11-12-25(35-2)24(27)15-23)17-26(32)29-16-20-5-9-21(10-6-20)30-14-13-28-18-30/h3-15,18H,16-17H2,1-2H3,(H,29,32). The summed E-state index contributed by atoms with van der Waals surface area (Å²) in [6, 6.07) is 19.1. The number of methoxy groups -OCH3 is 1. The van der Waals surface area contributed by atoms with Crippen LogP contribution < -0.4 is 14.4 Å². The second kappa shape index (κ2) is 11.0. The van der Waals surface area contributed by atoms with Gasteiger partial charge in [-0.1, -0.05) is 29.8 Å². The summed E-state index contributed by atoms with van der Waals surface area (Å²) in [5.74, 6) is 0.0815. The van der Waals surface area contributed by atoms with Crippen LogP contribution in [0.15, 0.2) is 94.8 Å². The molecule has 0 bridgehead atoms. The molecule has 8 nitrogen and oxygen atoms in total. The van der Waals surface area contributed by atoms with Gasteiger partial charge in [0.05, 0.1) is 28.5 Å². The molecular weight excluding hydrogens is 544 g/mol. The van der Waals surface area contributed by atoms with Crippen molar-refractivity contribution in [3.8, 4) is 11.4 Å². The number of hydrogen-bond donors (Lipinski definition) is 1. The van der Waals surface area contributed by atoms with Gasteiger partial charge in [-0.2, -0.15) is 0 Å². The first-order valence-corrected chi connectivity index (χ1v) is 13.3. The van der Waals surface area contributed by atoms with Gasteiger partial charge in [-0.05, 0) is 70.9 Å². The van der Waals surface area contributed by atoms with E-state index in [-0.39, 0.29) is 18.0 Å². The van der Waals surface area contributed by atoms with Gasteiger partial charge in [0.15, 0.2) is 0 Å². The molecular formula is C26H25BrN4O4S. The van der Waals surface area contributed by atoms with Crippen molar-refractivity contribution < 1.29 is 17.9 Å². The molecule has 3 aromatic carbocycles. The summed E-state index contributed by atoms with van der Waals surface area (Å²) in [5.41, 5.74) is 3.21. The first kappa shape index (κ1) is 25.5. The lowest BCUT2D eigenvalue weighted by atomic mass is 10.2. The number of sulfonamides is 1. The molecule has 1 aromatic heterocycles. The predicted molar refractivity (Wildman–Crippen MR) is 142 cm³/mol. The summed E-state index contributed by atoms with van der Waals surface area (Å²) < 4.78 is 35.9. The number of hydrogen-bond acceptors (Lipinski definition) is 5. The summed E-state index contributed by atoms with van der Waals surface area (Å²) >= 11 is 3.34. The van der Waals surface area contributed by atoms with E-state index >= 15 is 0 Å². The lowest BCUT2D eigenvalue weighted by Gasteiger charge is -2.24. The molecule has 0 saturated heterocycles. The maximum Gasteiger partial charge on any atom is 0.264 e. The predicted octanol–water partition coefficient (Wildman–Crippen LogP) is 4.46. The first-order valence-electron chi connectivity index (χ1n) is 11.0. The fraction of sp³-hybridized carbons (Fsp3) is 0.154. The average molecular weight is 569 g/mol. The van der Waals surface area contributed by atoms with Crippen LogP contribution in [0, 0.1) is 6.92 Å². The summed E-state index contributed by atoms with van der Waals surface area (Å²) in [6.45, 7) is 1.80. The van der Waals surface area contributed by atoms with Crippen LogP contribution in [0.5, 0.6) is 5.75 Å². The summed E-state index contributed by atoms with van der Waals surface area (Å²) in [7, 11) is -2.54. The van der Waals surface area contributed by atoms with Crippen molar-refractivity contribution in [3.63, 3.8) is 0 Å². The second-order valence-electron chi connectivity index (χ2n) is 8.06. The van der Waals surface area contributed by atoms with Crippen molar-refractivity contribution >= 4 is 37.5 Å². The maximum absolute atomic E-state index is 13.6. The van der Waals surface area contributed by atoms with Crippen molar-refractivity contribution in [1.82, 2.24) is 14.9 Å². The Morgan fingerprint density at radius 1 is 1.08 bits per heavy atom. The Kier molecular flexibility index (Phi) is 7.76. The highest BCUT2D eigenvalue weighted by molar-refractivity contribution is 9.10. The van der Waals surface area contributed by atoms with Crippen LogP contribution in [0.25, 0.3) is 5.69 Å². The van der Waals surface area contributed by atoms with Crippen LogP contribution in [0.4, 0.5) is 5.69 Å². The molecule has 1 amide bonds. The number of aryl methyl sites for hydroxylation is 1. The molecule has 0 radical (unpaired) electrons. The van der Waals surface area contributed by atoms with Crippen LogP contribution in [0.3, 0.4) is 0 Å². The number of amides is 1. The van der Waals surface area contributed by atoms with Crippen molar-refractivity contribution in [2.24, 2.45) is 0 Å². The molecule has 0 aliphatic rings. The fourth-order valence-electron chi connectivity index (χ4n) is 3.55. The third-order valence-corrected chi connectivity index (χ3v) is 7.94. The van der Waals surface area contributed by atoms with Crippen LogP contribution in [-0.4, -0.2) is 37.5 Å². The number of nitrogens with zero attached hydrogens (tertiary/aromatic N) is 3. The van der Waals surface area contributed by atoms with Crippen LogP contribution in [0.1, 0.15) is 11.1 Å². The number of nitrogens with one attached hydrogen (secondary N) is 1. The van der Waals surface area contributed by atoms with Gasteiger partial charge in [0.2, 0.25) is 5.91 Å². The minimum atomic E-state index is -4.04. The smallest absolute Gasteiger partial charge is 0.264 e. The number of aromatic nitrogens is 2. The van der Waals surface area contributed by atoms with Gasteiger partial charge in [-0.25, -0.2) is 13.4 Å². The Morgan fingerprint density at radius 2 is 1.81 bits per heavy atom. The van der Waals surface area contributed by atoms with Gasteiger partial charge in [0, 0.05) is 24.6 Å². The highest BCUT2D eigenvalue weighted by Crippen LogP contribution is 2.30. The topological polar surface area (TPSA) is 93.5 Å². The second-order valence-corrected chi connectivity index (χ2v) is 10.8.